The molecule has 0 saturated carbocycles. The van der Waals surface area contributed by atoms with Crippen molar-refractivity contribution in [1.82, 2.24) is 5.32 Å². The lowest BCUT2D eigenvalue weighted by Crippen LogP contribution is -2.26. The molecule has 4 nitrogen and oxygen atoms in total. The van der Waals surface area contributed by atoms with E-state index in [-0.39, 0.29) is 18.5 Å². The van der Waals surface area contributed by atoms with Gasteiger partial charge in [-0.1, -0.05) is 6.92 Å². The van der Waals surface area contributed by atoms with Crippen LogP contribution in [0, 0.1) is 5.82 Å². The van der Waals surface area contributed by atoms with Gasteiger partial charge in [-0.05, 0) is 30.2 Å². The monoisotopic (exact) mass is 239 g/mol. The van der Waals surface area contributed by atoms with Gasteiger partial charge in [-0.25, -0.2) is 4.39 Å². The Morgan fingerprint density at radius 1 is 1.35 bits per heavy atom. The second-order valence-corrected chi connectivity index (χ2v) is 3.60. The fourth-order valence-electron chi connectivity index (χ4n) is 1.37. The maximum atomic E-state index is 13.2. The van der Waals surface area contributed by atoms with Gasteiger partial charge in [-0.3, -0.25) is 9.59 Å². The zero-order valence-corrected chi connectivity index (χ0v) is 9.50. The number of carboxylic acid groups (broad SMARTS) is 1. The normalized spacial score (nSPS) is 10.0. The minimum Gasteiger partial charge on any atom is -0.481 e. The molecule has 92 valence electrons. The van der Waals surface area contributed by atoms with Crippen molar-refractivity contribution in [3.63, 3.8) is 0 Å². The summed E-state index contributed by atoms with van der Waals surface area (Å²) in [6.45, 7) is 1.90. The number of amides is 1. The van der Waals surface area contributed by atoms with Gasteiger partial charge >= 0.3 is 5.97 Å². The molecule has 0 spiro atoms. The number of carbonyl (C=O) groups excluding carboxylic acids is 1. The standard InChI is InChI=1S/C12H14FNO3/c1-2-8-5-9(7-10(13)6-8)12(17)14-4-3-11(15)16/h5-7H,2-4H2,1H3,(H,14,17)(H,15,16). The first kappa shape index (κ1) is 13.2. The molecule has 0 aliphatic rings. The Bertz CT molecular complexity index is 432. The van der Waals surface area contributed by atoms with Gasteiger partial charge in [0, 0.05) is 12.1 Å². The Labute approximate surface area is 98.5 Å². The number of carboxylic acids is 1. The largest absolute Gasteiger partial charge is 0.481 e. The molecule has 0 aromatic heterocycles. The van der Waals surface area contributed by atoms with Crippen molar-refractivity contribution in [2.24, 2.45) is 0 Å². The van der Waals surface area contributed by atoms with Crippen LogP contribution >= 0.6 is 0 Å². The Balaban J connectivity index is 2.68. The summed E-state index contributed by atoms with van der Waals surface area (Å²) in [7, 11) is 0. The molecule has 1 aromatic carbocycles. The van der Waals surface area contributed by atoms with Crippen LogP contribution in [0.5, 0.6) is 0 Å². The molecule has 0 aliphatic heterocycles. The van der Waals surface area contributed by atoms with Crippen molar-refractivity contribution in [2.75, 3.05) is 6.54 Å². The predicted octanol–water partition coefficient (Wildman–Crippen LogP) is 1.59. The number of halogens is 1. The third kappa shape index (κ3) is 4.22. The summed E-state index contributed by atoms with van der Waals surface area (Å²) >= 11 is 0. The summed E-state index contributed by atoms with van der Waals surface area (Å²) < 4.78 is 13.2. The van der Waals surface area contributed by atoms with Crippen LogP contribution in [-0.2, 0) is 11.2 Å². The van der Waals surface area contributed by atoms with E-state index in [9.17, 15) is 14.0 Å². The van der Waals surface area contributed by atoms with Crippen LogP contribution in [0.1, 0.15) is 29.3 Å². The zero-order chi connectivity index (χ0) is 12.8. The van der Waals surface area contributed by atoms with E-state index < -0.39 is 17.7 Å². The SMILES string of the molecule is CCc1cc(F)cc(C(=O)NCCC(=O)O)c1. The molecule has 1 amide bonds. The van der Waals surface area contributed by atoms with E-state index in [2.05, 4.69) is 5.32 Å². The number of rotatable bonds is 5. The summed E-state index contributed by atoms with van der Waals surface area (Å²) in [6.07, 6.45) is 0.481. The highest BCUT2D eigenvalue weighted by Crippen LogP contribution is 2.09. The van der Waals surface area contributed by atoms with Gasteiger partial charge in [0.15, 0.2) is 0 Å². The van der Waals surface area contributed by atoms with E-state index in [1.165, 1.54) is 6.07 Å². The summed E-state index contributed by atoms with van der Waals surface area (Å²) in [5.41, 5.74) is 0.945. The fraction of sp³-hybridized carbons (Fsp3) is 0.333. The first-order chi connectivity index (χ1) is 8.02. The minimum absolute atomic E-state index is 0.0339. The predicted molar refractivity (Wildman–Crippen MR) is 60.4 cm³/mol. The molecule has 0 aliphatic carbocycles. The van der Waals surface area contributed by atoms with Crippen LogP contribution in [0.2, 0.25) is 0 Å². The van der Waals surface area contributed by atoms with Crippen molar-refractivity contribution in [1.29, 1.82) is 0 Å². The zero-order valence-electron chi connectivity index (χ0n) is 9.50. The molecule has 0 radical (unpaired) electrons. The van der Waals surface area contributed by atoms with E-state index in [0.29, 0.717) is 6.42 Å². The molecule has 17 heavy (non-hydrogen) atoms. The molecule has 1 rings (SSSR count). The Morgan fingerprint density at radius 3 is 2.65 bits per heavy atom. The number of aliphatic carboxylic acids is 1. The highest BCUT2D eigenvalue weighted by molar-refractivity contribution is 5.94. The maximum Gasteiger partial charge on any atom is 0.305 e. The second-order valence-electron chi connectivity index (χ2n) is 3.60. The molecular formula is C12H14FNO3. The number of hydrogen-bond acceptors (Lipinski definition) is 2. The highest BCUT2D eigenvalue weighted by Gasteiger charge is 2.08. The summed E-state index contributed by atoms with van der Waals surface area (Å²) in [5, 5.41) is 10.8. The summed E-state index contributed by atoms with van der Waals surface area (Å²) in [5.74, 6) is -1.91. The van der Waals surface area contributed by atoms with E-state index in [1.807, 2.05) is 6.92 Å². The van der Waals surface area contributed by atoms with Gasteiger partial charge in [0.1, 0.15) is 5.82 Å². The number of carbonyl (C=O) groups is 2. The molecule has 1 aromatic rings. The Kier molecular flexibility index (Phi) is 4.63. The highest BCUT2D eigenvalue weighted by atomic mass is 19.1. The van der Waals surface area contributed by atoms with E-state index >= 15 is 0 Å². The summed E-state index contributed by atoms with van der Waals surface area (Å²) in [6, 6.07) is 4.10. The van der Waals surface area contributed by atoms with Crippen LogP contribution in [0.15, 0.2) is 18.2 Å². The van der Waals surface area contributed by atoms with Gasteiger partial charge in [0.05, 0.1) is 6.42 Å². The third-order valence-corrected chi connectivity index (χ3v) is 2.25. The van der Waals surface area contributed by atoms with Crippen molar-refractivity contribution in [2.45, 2.75) is 19.8 Å². The molecule has 0 fully saturated rings. The average molecular weight is 239 g/mol. The van der Waals surface area contributed by atoms with Crippen molar-refractivity contribution in [3.05, 3.63) is 35.1 Å². The van der Waals surface area contributed by atoms with Gasteiger partial charge in [-0.2, -0.15) is 0 Å². The molecule has 0 unspecified atom stereocenters. The lowest BCUT2D eigenvalue weighted by Gasteiger charge is -2.05. The molecule has 0 saturated heterocycles. The molecule has 5 heteroatoms. The lowest BCUT2D eigenvalue weighted by atomic mass is 10.1. The first-order valence-electron chi connectivity index (χ1n) is 5.32. The van der Waals surface area contributed by atoms with Crippen molar-refractivity contribution < 1.29 is 19.1 Å². The van der Waals surface area contributed by atoms with Gasteiger partial charge in [-0.15, -0.1) is 0 Å². The van der Waals surface area contributed by atoms with Crippen LogP contribution in [0.25, 0.3) is 0 Å². The number of benzene rings is 1. The van der Waals surface area contributed by atoms with E-state index in [0.717, 1.165) is 11.6 Å². The Morgan fingerprint density at radius 2 is 2.06 bits per heavy atom. The molecule has 2 N–H and O–H groups in total. The van der Waals surface area contributed by atoms with Crippen LogP contribution in [-0.4, -0.2) is 23.5 Å². The first-order valence-corrected chi connectivity index (χ1v) is 5.32. The van der Waals surface area contributed by atoms with Crippen LogP contribution in [0.3, 0.4) is 0 Å². The van der Waals surface area contributed by atoms with Gasteiger partial charge < -0.3 is 10.4 Å². The summed E-state index contributed by atoms with van der Waals surface area (Å²) in [4.78, 5) is 21.8. The smallest absolute Gasteiger partial charge is 0.305 e. The lowest BCUT2D eigenvalue weighted by molar-refractivity contribution is -0.136. The van der Waals surface area contributed by atoms with E-state index in [1.54, 1.807) is 6.07 Å². The Hall–Kier alpha value is -1.91. The molecule has 0 bridgehead atoms. The van der Waals surface area contributed by atoms with Gasteiger partial charge in [0.2, 0.25) is 0 Å². The molecule has 0 heterocycles. The second kappa shape index (κ2) is 5.98. The average Bonchev–Trinajstić information content (AvgIpc) is 2.27. The molecule has 0 atom stereocenters. The quantitative estimate of drug-likeness (QED) is 0.820. The van der Waals surface area contributed by atoms with Crippen LogP contribution < -0.4 is 5.32 Å². The number of aryl methyl sites for hydroxylation is 1. The topological polar surface area (TPSA) is 66.4 Å². The number of nitrogens with one attached hydrogen (secondary N) is 1. The molecular weight excluding hydrogens is 225 g/mol. The van der Waals surface area contributed by atoms with Gasteiger partial charge in [0.25, 0.3) is 5.91 Å². The van der Waals surface area contributed by atoms with Crippen molar-refractivity contribution in [3.8, 4) is 0 Å². The maximum absolute atomic E-state index is 13.2. The van der Waals surface area contributed by atoms with Crippen LogP contribution in [0.4, 0.5) is 4.39 Å². The van der Waals surface area contributed by atoms with Crippen molar-refractivity contribution >= 4 is 11.9 Å². The number of hydrogen-bond donors (Lipinski definition) is 2. The fourth-order valence-corrected chi connectivity index (χ4v) is 1.37. The minimum atomic E-state index is -0.987. The van der Waals surface area contributed by atoms with E-state index in [4.69, 9.17) is 5.11 Å². The third-order valence-electron chi connectivity index (χ3n) is 2.25.